The lowest BCUT2D eigenvalue weighted by Crippen LogP contribution is -2.38. The maximum absolute atomic E-state index is 11.7. The van der Waals surface area contributed by atoms with Gasteiger partial charge in [-0.1, -0.05) is 11.6 Å². The van der Waals surface area contributed by atoms with Gasteiger partial charge in [-0.3, -0.25) is 0 Å². The van der Waals surface area contributed by atoms with Crippen molar-refractivity contribution in [3.05, 3.63) is 23.2 Å². The molecule has 0 spiro atoms. The number of rotatable bonds is 5. The average molecular weight is 273 g/mol. The van der Waals surface area contributed by atoms with Gasteiger partial charge in [0, 0.05) is 12.1 Å². The molecule has 2 N–H and O–H groups in total. The maximum Gasteiger partial charge on any atom is 0.319 e. The number of nitrogens with one attached hydrogen (secondary N) is 2. The number of hydrogen-bond acceptors (Lipinski definition) is 3. The van der Waals surface area contributed by atoms with E-state index in [9.17, 15) is 4.79 Å². The number of carbonyl (C=O) groups is 1. The molecule has 6 heteroatoms. The zero-order valence-corrected chi connectivity index (χ0v) is 11.4. The summed E-state index contributed by atoms with van der Waals surface area (Å²) in [4.78, 5) is 11.7. The Morgan fingerprint density at radius 2 is 2.17 bits per heavy atom. The Bertz CT molecular complexity index is 412. The van der Waals surface area contributed by atoms with Gasteiger partial charge < -0.3 is 20.1 Å². The summed E-state index contributed by atoms with van der Waals surface area (Å²) in [5.41, 5.74) is 0.520. The van der Waals surface area contributed by atoms with E-state index in [1.165, 1.54) is 7.11 Å². The Morgan fingerprint density at radius 1 is 1.44 bits per heavy atom. The molecule has 100 valence electrons. The lowest BCUT2D eigenvalue weighted by Gasteiger charge is -2.15. The molecule has 1 rings (SSSR count). The van der Waals surface area contributed by atoms with Crippen molar-refractivity contribution in [2.75, 3.05) is 26.1 Å². The van der Waals surface area contributed by atoms with Crippen LogP contribution < -0.4 is 15.4 Å². The molecule has 0 aromatic heterocycles. The molecule has 0 aliphatic heterocycles. The molecular formula is C12H17ClN2O3. The smallest absolute Gasteiger partial charge is 0.319 e. The van der Waals surface area contributed by atoms with Gasteiger partial charge >= 0.3 is 6.03 Å². The third kappa shape index (κ3) is 4.43. The Hall–Kier alpha value is -1.46. The molecule has 18 heavy (non-hydrogen) atoms. The molecular weight excluding hydrogens is 256 g/mol. The van der Waals surface area contributed by atoms with Gasteiger partial charge in [-0.2, -0.15) is 0 Å². The fourth-order valence-corrected chi connectivity index (χ4v) is 1.62. The van der Waals surface area contributed by atoms with Gasteiger partial charge in [0.05, 0.1) is 25.4 Å². The molecule has 1 aromatic rings. The third-order valence-electron chi connectivity index (χ3n) is 2.20. The van der Waals surface area contributed by atoms with Crippen LogP contribution in [-0.2, 0) is 4.74 Å². The molecule has 0 aliphatic rings. The zero-order chi connectivity index (χ0) is 13.5. The Balaban J connectivity index is 2.66. The molecule has 0 heterocycles. The van der Waals surface area contributed by atoms with Gasteiger partial charge in [0.25, 0.3) is 0 Å². The Kier molecular flexibility index (Phi) is 5.74. The normalized spacial score (nSPS) is 11.8. The van der Waals surface area contributed by atoms with E-state index in [0.717, 1.165) is 0 Å². The van der Waals surface area contributed by atoms with Crippen molar-refractivity contribution < 1.29 is 14.3 Å². The van der Waals surface area contributed by atoms with E-state index in [1.807, 2.05) is 6.92 Å². The molecule has 2 amide bonds. The fraction of sp³-hybridized carbons (Fsp3) is 0.417. The molecule has 0 bridgehead atoms. The van der Waals surface area contributed by atoms with Crippen LogP contribution in [0.2, 0.25) is 5.02 Å². The Labute approximate surface area is 111 Å². The number of halogens is 1. The highest BCUT2D eigenvalue weighted by Gasteiger charge is 2.10. The summed E-state index contributed by atoms with van der Waals surface area (Å²) in [7, 11) is 3.11. The van der Waals surface area contributed by atoms with Crippen LogP contribution in [0.25, 0.3) is 0 Å². The van der Waals surface area contributed by atoms with Crippen LogP contribution in [-0.4, -0.2) is 32.9 Å². The second kappa shape index (κ2) is 7.08. The molecule has 1 aromatic carbocycles. The summed E-state index contributed by atoms with van der Waals surface area (Å²) < 4.78 is 10.1. The minimum Gasteiger partial charge on any atom is -0.495 e. The summed E-state index contributed by atoms with van der Waals surface area (Å²) in [5.74, 6) is 0.550. The van der Waals surface area contributed by atoms with Gasteiger partial charge in [-0.15, -0.1) is 0 Å². The summed E-state index contributed by atoms with van der Waals surface area (Å²) >= 11 is 5.87. The first kappa shape index (κ1) is 14.6. The first-order valence-electron chi connectivity index (χ1n) is 5.46. The topological polar surface area (TPSA) is 59.6 Å². The molecule has 0 radical (unpaired) electrons. The third-order valence-corrected chi connectivity index (χ3v) is 2.44. The predicted molar refractivity (Wildman–Crippen MR) is 71.5 cm³/mol. The number of benzene rings is 1. The summed E-state index contributed by atoms with van der Waals surface area (Å²) in [6.07, 6.45) is 0. The van der Waals surface area contributed by atoms with E-state index < -0.39 is 0 Å². The molecule has 5 nitrogen and oxygen atoms in total. The first-order chi connectivity index (χ1) is 8.56. The summed E-state index contributed by atoms with van der Waals surface area (Å²) in [6.45, 7) is 2.29. The van der Waals surface area contributed by atoms with Crippen LogP contribution in [0.15, 0.2) is 18.2 Å². The van der Waals surface area contributed by atoms with Gasteiger partial charge in [0.15, 0.2) is 0 Å². The van der Waals surface area contributed by atoms with Crippen molar-refractivity contribution in [3.63, 3.8) is 0 Å². The summed E-state index contributed by atoms with van der Waals surface area (Å²) in [6, 6.07) is 4.59. The van der Waals surface area contributed by atoms with Crippen molar-refractivity contribution in [1.82, 2.24) is 5.32 Å². The van der Waals surface area contributed by atoms with Crippen LogP contribution in [0.5, 0.6) is 5.75 Å². The molecule has 0 fully saturated rings. The van der Waals surface area contributed by atoms with E-state index in [4.69, 9.17) is 21.1 Å². The predicted octanol–water partition coefficient (Wildman–Crippen LogP) is 2.51. The van der Waals surface area contributed by atoms with Crippen molar-refractivity contribution in [1.29, 1.82) is 0 Å². The largest absolute Gasteiger partial charge is 0.495 e. The van der Waals surface area contributed by atoms with Crippen LogP contribution in [0.4, 0.5) is 10.5 Å². The molecule has 0 saturated heterocycles. The first-order valence-corrected chi connectivity index (χ1v) is 5.84. The highest BCUT2D eigenvalue weighted by atomic mass is 35.5. The zero-order valence-electron chi connectivity index (χ0n) is 10.6. The lowest BCUT2D eigenvalue weighted by atomic mass is 10.3. The number of hydrogen-bond donors (Lipinski definition) is 2. The number of anilines is 1. The number of carbonyl (C=O) groups excluding carboxylic acids is 1. The van der Waals surface area contributed by atoms with Crippen LogP contribution >= 0.6 is 11.6 Å². The molecule has 0 unspecified atom stereocenters. The van der Waals surface area contributed by atoms with Crippen LogP contribution in [0, 0.1) is 0 Å². The standard InChI is InChI=1S/C12H17ClN2O3/c1-8(7-17-2)14-12(16)15-10-6-9(13)4-5-11(10)18-3/h4-6,8H,7H2,1-3H3,(H2,14,15,16)/t8-/m1/s1. The number of methoxy groups -OCH3 is 2. The average Bonchev–Trinajstić information content (AvgIpc) is 2.29. The minimum atomic E-state index is -0.333. The van der Waals surface area contributed by atoms with Gasteiger partial charge in [0.1, 0.15) is 5.75 Å². The van der Waals surface area contributed by atoms with E-state index in [-0.39, 0.29) is 12.1 Å². The second-order valence-electron chi connectivity index (χ2n) is 3.80. The van der Waals surface area contributed by atoms with E-state index in [1.54, 1.807) is 25.3 Å². The SMILES string of the molecule is COC[C@@H](C)NC(=O)Nc1cc(Cl)ccc1OC. The fourth-order valence-electron chi connectivity index (χ4n) is 1.45. The summed E-state index contributed by atoms with van der Waals surface area (Å²) in [5, 5.41) is 5.93. The van der Waals surface area contributed by atoms with Gasteiger partial charge in [-0.05, 0) is 25.1 Å². The molecule has 0 saturated carbocycles. The molecule has 1 atom stereocenters. The number of amides is 2. The van der Waals surface area contributed by atoms with Crippen molar-refractivity contribution in [2.45, 2.75) is 13.0 Å². The second-order valence-corrected chi connectivity index (χ2v) is 4.24. The van der Waals surface area contributed by atoms with Crippen LogP contribution in [0.3, 0.4) is 0 Å². The van der Waals surface area contributed by atoms with Gasteiger partial charge in [0.2, 0.25) is 0 Å². The molecule has 0 aliphatic carbocycles. The minimum absolute atomic E-state index is 0.0832. The monoisotopic (exact) mass is 272 g/mol. The Morgan fingerprint density at radius 3 is 2.78 bits per heavy atom. The van der Waals surface area contributed by atoms with Crippen molar-refractivity contribution in [2.24, 2.45) is 0 Å². The highest BCUT2D eigenvalue weighted by molar-refractivity contribution is 6.31. The lowest BCUT2D eigenvalue weighted by molar-refractivity contribution is 0.173. The van der Waals surface area contributed by atoms with E-state index >= 15 is 0 Å². The number of urea groups is 1. The van der Waals surface area contributed by atoms with Crippen molar-refractivity contribution in [3.8, 4) is 5.75 Å². The van der Waals surface area contributed by atoms with E-state index in [0.29, 0.717) is 23.1 Å². The van der Waals surface area contributed by atoms with E-state index in [2.05, 4.69) is 10.6 Å². The highest BCUT2D eigenvalue weighted by Crippen LogP contribution is 2.27. The maximum atomic E-state index is 11.7. The van der Waals surface area contributed by atoms with Crippen LogP contribution in [0.1, 0.15) is 6.92 Å². The number of ether oxygens (including phenoxy) is 2. The van der Waals surface area contributed by atoms with Crippen molar-refractivity contribution >= 4 is 23.3 Å². The quantitative estimate of drug-likeness (QED) is 0.866. The van der Waals surface area contributed by atoms with Gasteiger partial charge in [-0.25, -0.2) is 4.79 Å².